The SMILES string of the molecule is CCC(C)CN1CCC(COC2CCN(CC)CC2)CC1. The summed E-state index contributed by atoms with van der Waals surface area (Å²) in [5.74, 6) is 1.66. The van der Waals surface area contributed by atoms with Gasteiger partial charge in [-0.25, -0.2) is 0 Å². The van der Waals surface area contributed by atoms with E-state index in [2.05, 4.69) is 30.6 Å². The lowest BCUT2D eigenvalue weighted by Gasteiger charge is -2.35. The summed E-state index contributed by atoms with van der Waals surface area (Å²) in [5.41, 5.74) is 0. The zero-order chi connectivity index (χ0) is 15.1. The monoisotopic (exact) mass is 296 g/mol. The van der Waals surface area contributed by atoms with Gasteiger partial charge in [-0.05, 0) is 57.2 Å². The maximum atomic E-state index is 6.21. The Balaban J connectivity index is 1.57. The van der Waals surface area contributed by atoms with Crippen molar-refractivity contribution in [3.8, 4) is 0 Å². The molecule has 0 aromatic heterocycles. The molecule has 0 aromatic rings. The van der Waals surface area contributed by atoms with Crippen molar-refractivity contribution in [2.45, 2.75) is 59.0 Å². The van der Waals surface area contributed by atoms with E-state index in [1.165, 1.54) is 71.4 Å². The van der Waals surface area contributed by atoms with Crippen LogP contribution >= 0.6 is 0 Å². The molecule has 0 bridgehead atoms. The lowest BCUT2D eigenvalue weighted by Crippen LogP contribution is -2.39. The maximum Gasteiger partial charge on any atom is 0.0599 e. The van der Waals surface area contributed by atoms with Crippen molar-refractivity contribution in [1.82, 2.24) is 9.80 Å². The van der Waals surface area contributed by atoms with Gasteiger partial charge in [0.05, 0.1) is 6.10 Å². The number of hydrogen-bond donors (Lipinski definition) is 0. The molecule has 1 unspecified atom stereocenters. The summed E-state index contributed by atoms with van der Waals surface area (Å²) >= 11 is 0. The summed E-state index contributed by atoms with van der Waals surface area (Å²) in [6, 6.07) is 0. The van der Waals surface area contributed by atoms with Crippen LogP contribution in [0, 0.1) is 11.8 Å². The maximum absolute atomic E-state index is 6.21. The number of piperidine rings is 2. The van der Waals surface area contributed by atoms with E-state index < -0.39 is 0 Å². The molecule has 2 rings (SSSR count). The van der Waals surface area contributed by atoms with E-state index in [1.54, 1.807) is 0 Å². The van der Waals surface area contributed by atoms with Crippen molar-refractivity contribution in [2.75, 3.05) is 45.9 Å². The predicted octanol–water partition coefficient (Wildman–Crippen LogP) is 3.25. The van der Waals surface area contributed by atoms with Gasteiger partial charge in [0.25, 0.3) is 0 Å². The molecule has 124 valence electrons. The highest BCUT2D eigenvalue weighted by molar-refractivity contribution is 4.75. The third-order valence-electron chi connectivity index (χ3n) is 5.52. The number of ether oxygens (including phenoxy) is 1. The molecule has 1 atom stereocenters. The first-order chi connectivity index (χ1) is 10.2. The fraction of sp³-hybridized carbons (Fsp3) is 1.00. The Morgan fingerprint density at radius 3 is 2.14 bits per heavy atom. The second kappa shape index (κ2) is 9.12. The van der Waals surface area contributed by atoms with Gasteiger partial charge < -0.3 is 14.5 Å². The normalized spacial score (nSPS) is 25.3. The lowest BCUT2D eigenvalue weighted by atomic mass is 9.96. The van der Waals surface area contributed by atoms with Crippen molar-refractivity contribution in [1.29, 1.82) is 0 Å². The van der Waals surface area contributed by atoms with Crippen LogP contribution in [-0.4, -0.2) is 61.8 Å². The standard InChI is InChI=1S/C18H36N2O/c1-4-16(3)14-20-10-6-17(7-11-20)15-21-18-8-12-19(5-2)13-9-18/h16-18H,4-15H2,1-3H3. The molecule has 2 aliphatic rings. The molecule has 0 saturated carbocycles. The second-order valence-electron chi connectivity index (χ2n) is 7.22. The fourth-order valence-corrected chi connectivity index (χ4v) is 3.57. The van der Waals surface area contributed by atoms with Gasteiger partial charge in [-0.3, -0.25) is 0 Å². The van der Waals surface area contributed by atoms with Crippen LogP contribution in [0.1, 0.15) is 52.9 Å². The fourth-order valence-electron chi connectivity index (χ4n) is 3.57. The van der Waals surface area contributed by atoms with E-state index in [4.69, 9.17) is 4.74 Å². The highest BCUT2D eigenvalue weighted by atomic mass is 16.5. The molecular weight excluding hydrogens is 260 g/mol. The third-order valence-corrected chi connectivity index (χ3v) is 5.52. The van der Waals surface area contributed by atoms with E-state index in [0.717, 1.165) is 18.4 Å². The first-order valence-electron chi connectivity index (χ1n) is 9.27. The molecule has 2 heterocycles. The van der Waals surface area contributed by atoms with Crippen LogP contribution in [-0.2, 0) is 4.74 Å². The molecule has 21 heavy (non-hydrogen) atoms. The summed E-state index contributed by atoms with van der Waals surface area (Å²) in [7, 11) is 0. The van der Waals surface area contributed by atoms with Gasteiger partial charge >= 0.3 is 0 Å². The molecule has 0 amide bonds. The Bertz CT molecular complexity index is 268. The van der Waals surface area contributed by atoms with Gasteiger partial charge in [0.2, 0.25) is 0 Å². The van der Waals surface area contributed by atoms with Crippen LogP contribution in [0.2, 0.25) is 0 Å². The topological polar surface area (TPSA) is 15.7 Å². The molecular formula is C18H36N2O. The van der Waals surface area contributed by atoms with Crippen LogP contribution in [0.4, 0.5) is 0 Å². The van der Waals surface area contributed by atoms with E-state index in [9.17, 15) is 0 Å². The first-order valence-corrected chi connectivity index (χ1v) is 9.27. The molecule has 3 heteroatoms. The van der Waals surface area contributed by atoms with Crippen LogP contribution in [0.3, 0.4) is 0 Å². The number of rotatable bonds is 7. The minimum Gasteiger partial charge on any atom is -0.378 e. The van der Waals surface area contributed by atoms with Gasteiger partial charge in [0, 0.05) is 26.2 Å². The lowest BCUT2D eigenvalue weighted by molar-refractivity contribution is -0.0190. The molecule has 2 fully saturated rings. The molecule has 0 spiro atoms. The van der Waals surface area contributed by atoms with Crippen molar-refractivity contribution >= 4 is 0 Å². The number of nitrogens with zero attached hydrogens (tertiary/aromatic N) is 2. The van der Waals surface area contributed by atoms with E-state index in [1.807, 2.05) is 0 Å². The zero-order valence-electron chi connectivity index (χ0n) is 14.5. The number of likely N-dealkylation sites (tertiary alicyclic amines) is 2. The quantitative estimate of drug-likeness (QED) is 0.717. The van der Waals surface area contributed by atoms with Gasteiger partial charge in [0.15, 0.2) is 0 Å². The molecule has 0 aliphatic carbocycles. The molecule has 2 saturated heterocycles. The minimum atomic E-state index is 0.533. The Labute approximate surface area is 132 Å². The highest BCUT2D eigenvalue weighted by Crippen LogP contribution is 2.21. The zero-order valence-corrected chi connectivity index (χ0v) is 14.5. The summed E-state index contributed by atoms with van der Waals surface area (Å²) in [4.78, 5) is 5.19. The van der Waals surface area contributed by atoms with E-state index in [0.29, 0.717) is 6.10 Å². The summed E-state index contributed by atoms with van der Waals surface area (Å²) in [6.07, 6.45) is 6.99. The Morgan fingerprint density at radius 2 is 1.57 bits per heavy atom. The summed E-state index contributed by atoms with van der Waals surface area (Å²) < 4.78 is 6.21. The average molecular weight is 296 g/mol. The predicted molar refractivity (Wildman–Crippen MR) is 89.7 cm³/mol. The van der Waals surface area contributed by atoms with E-state index in [-0.39, 0.29) is 0 Å². The van der Waals surface area contributed by atoms with Gasteiger partial charge in [-0.15, -0.1) is 0 Å². The summed E-state index contributed by atoms with van der Waals surface area (Å²) in [5, 5.41) is 0. The third kappa shape index (κ3) is 5.88. The van der Waals surface area contributed by atoms with Crippen LogP contribution in [0.5, 0.6) is 0 Å². The van der Waals surface area contributed by atoms with Gasteiger partial charge in [-0.2, -0.15) is 0 Å². The largest absolute Gasteiger partial charge is 0.378 e. The van der Waals surface area contributed by atoms with Gasteiger partial charge in [-0.1, -0.05) is 27.2 Å². The van der Waals surface area contributed by atoms with Crippen molar-refractivity contribution in [3.63, 3.8) is 0 Å². The Morgan fingerprint density at radius 1 is 0.952 bits per heavy atom. The first kappa shape index (κ1) is 17.2. The van der Waals surface area contributed by atoms with Crippen LogP contribution in [0.15, 0.2) is 0 Å². The average Bonchev–Trinajstić information content (AvgIpc) is 2.54. The Kier molecular flexibility index (Phi) is 7.48. The summed E-state index contributed by atoms with van der Waals surface area (Å²) in [6.45, 7) is 15.5. The van der Waals surface area contributed by atoms with Crippen molar-refractivity contribution in [2.24, 2.45) is 11.8 Å². The van der Waals surface area contributed by atoms with Crippen LogP contribution < -0.4 is 0 Å². The molecule has 0 N–H and O–H groups in total. The van der Waals surface area contributed by atoms with Crippen molar-refractivity contribution in [3.05, 3.63) is 0 Å². The second-order valence-corrected chi connectivity index (χ2v) is 7.22. The number of hydrogen-bond acceptors (Lipinski definition) is 3. The molecule has 0 aromatic carbocycles. The van der Waals surface area contributed by atoms with Gasteiger partial charge in [0.1, 0.15) is 0 Å². The highest BCUT2D eigenvalue weighted by Gasteiger charge is 2.23. The molecule has 2 aliphatic heterocycles. The molecule has 0 radical (unpaired) electrons. The van der Waals surface area contributed by atoms with E-state index >= 15 is 0 Å². The van der Waals surface area contributed by atoms with Crippen LogP contribution in [0.25, 0.3) is 0 Å². The minimum absolute atomic E-state index is 0.533. The van der Waals surface area contributed by atoms with Crippen molar-refractivity contribution < 1.29 is 4.74 Å². The Hall–Kier alpha value is -0.120. The smallest absolute Gasteiger partial charge is 0.0599 e. The molecule has 3 nitrogen and oxygen atoms in total.